The highest BCUT2D eigenvalue weighted by Crippen LogP contribution is 2.26. The van der Waals surface area contributed by atoms with Crippen molar-refractivity contribution in [3.63, 3.8) is 0 Å². The molecule has 2 amide bonds. The minimum absolute atomic E-state index is 0.0815. The van der Waals surface area contributed by atoms with Crippen molar-refractivity contribution in [3.05, 3.63) is 94.5 Å². The van der Waals surface area contributed by atoms with Crippen molar-refractivity contribution in [2.24, 2.45) is 0 Å². The van der Waals surface area contributed by atoms with Gasteiger partial charge >= 0.3 is 0 Å². The minimum atomic E-state index is -4.08. The molecule has 0 fully saturated rings. The molecule has 0 aliphatic carbocycles. The summed E-state index contributed by atoms with van der Waals surface area (Å²) in [5.41, 5.74) is 2.24. The lowest BCUT2D eigenvalue weighted by atomic mass is 10.0. The average Bonchev–Trinajstić information content (AvgIpc) is 2.93. The lowest BCUT2D eigenvalue weighted by molar-refractivity contribution is -0.139. The SMILES string of the molecule is CCCNC(=O)[C@H](C)N(Cc1cccc(Br)c1)C(=O)CN(c1ccc(C(C)C)cc1)S(=O)(=O)c1ccccc1. The van der Waals surface area contributed by atoms with Crippen LogP contribution in [0.1, 0.15) is 51.2 Å². The first-order chi connectivity index (χ1) is 18.5. The normalized spacial score (nSPS) is 12.2. The molecule has 1 atom stereocenters. The molecule has 0 saturated carbocycles. The van der Waals surface area contributed by atoms with Gasteiger partial charge in [0.2, 0.25) is 11.8 Å². The summed E-state index contributed by atoms with van der Waals surface area (Å²) in [4.78, 5) is 28.4. The molecule has 0 heterocycles. The smallest absolute Gasteiger partial charge is 0.264 e. The fourth-order valence-electron chi connectivity index (χ4n) is 4.08. The number of halogens is 1. The van der Waals surface area contributed by atoms with Gasteiger partial charge in [-0.2, -0.15) is 0 Å². The maximum Gasteiger partial charge on any atom is 0.264 e. The molecule has 39 heavy (non-hydrogen) atoms. The molecule has 0 aromatic heterocycles. The summed E-state index contributed by atoms with van der Waals surface area (Å²) in [6, 6.07) is 21.9. The Bertz CT molecular complexity index is 1360. The average molecular weight is 615 g/mol. The topological polar surface area (TPSA) is 86.8 Å². The Hall–Kier alpha value is -3.17. The van der Waals surface area contributed by atoms with Crippen LogP contribution in [0.4, 0.5) is 5.69 Å². The predicted octanol–water partition coefficient (Wildman–Crippen LogP) is 5.71. The molecule has 7 nitrogen and oxygen atoms in total. The molecule has 0 radical (unpaired) electrons. The molecule has 0 aliphatic heterocycles. The van der Waals surface area contributed by atoms with Gasteiger partial charge in [0.15, 0.2) is 0 Å². The van der Waals surface area contributed by atoms with Gasteiger partial charge in [-0.3, -0.25) is 13.9 Å². The van der Waals surface area contributed by atoms with Crippen LogP contribution in [-0.4, -0.2) is 44.3 Å². The molecule has 3 rings (SSSR count). The second kappa shape index (κ2) is 13.8. The van der Waals surface area contributed by atoms with Gasteiger partial charge in [-0.15, -0.1) is 0 Å². The zero-order chi connectivity index (χ0) is 28.6. The number of amides is 2. The molecule has 208 valence electrons. The minimum Gasteiger partial charge on any atom is -0.354 e. The van der Waals surface area contributed by atoms with E-state index in [1.165, 1.54) is 17.0 Å². The van der Waals surface area contributed by atoms with Gasteiger partial charge in [0, 0.05) is 17.6 Å². The summed E-state index contributed by atoms with van der Waals surface area (Å²) in [6.07, 6.45) is 0.757. The molecule has 0 saturated heterocycles. The third-order valence-corrected chi connectivity index (χ3v) is 8.70. The first kappa shape index (κ1) is 30.4. The molecular formula is C30H36BrN3O4S. The van der Waals surface area contributed by atoms with E-state index < -0.39 is 28.5 Å². The Morgan fingerprint density at radius 1 is 0.923 bits per heavy atom. The van der Waals surface area contributed by atoms with Gasteiger partial charge < -0.3 is 10.2 Å². The highest BCUT2D eigenvalue weighted by atomic mass is 79.9. The van der Waals surface area contributed by atoms with Crippen LogP contribution in [-0.2, 0) is 26.2 Å². The van der Waals surface area contributed by atoms with Crippen LogP contribution >= 0.6 is 15.9 Å². The quantitative estimate of drug-likeness (QED) is 0.283. The largest absolute Gasteiger partial charge is 0.354 e. The third kappa shape index (κ3) is 7.92. The number of benzene rings is 3. The van der Waals surface area contributed by atoms with Crippen molar-refractivity contribution in [1.29, 1.82) is 0 Å². The summed E-state index contributed by atoms with van der Waals surface area (Å²) in [5, 5.41) is 2.85. The van der Waals surface area contributed by atoms with Crippen molar-refractivity contribution in [2.45, 2.75) is 57.5 Å². The van der Waals surface area contributed by atoms with Gasteiger partial charge in [0.25, 0.3) is 10.0 Å². The van der Waals surface area contributed by atoms with Crippen LogP contribution in [0.3, 0.4) is 0 Å². The lowest BCUT2D eigenvalue weighted by Gasteiger charge is -2.32. The third-order valence-electron chi connectivity index (χ3n) is 6.42. The number of carbonyl (C=O) groups excluding carboxylic acids is 2. The Morgan fingerprint density at radius 2 is 1.59 bits per heavy atom. The second-order valence-electron chi connectivity index (χ2n) is 9.69. The molecule has 0 spiro atoms. The van der Waals surface area contributed by atoms with Crippen molar-refractivity contribution in [2.75, 3.05) is 17.4 Å². The monoisotopic (exact) mass is 613 g/mol. The van der Waals surface area contributed by atoms with Gasteiger partial charge in [-0.1, -0.05) is 79.2 Å². The molecule has 3 aromatic carbocycles. The van der Waals surface area contributed by atoms with Crippen LogP contribution in [0, 0.1) is 0 Å². The molecule has 1 N–H and O–H groups in total. The number of hydrogen-bond acceptors (Lipinski definition) is 4. The van der Waals surface area contributed by atoms with E-state index in [2.05, 4.69) is 35.1 Å². The van der Waals surface area contributed by atoms with Crippen LogP contribution in [0.25, 0.3) is 0 Å². The first-order valence-corrected chi connectivity index (χ1v) is 15.3. The summed E-state index contributed by atoms with van der Waals surface area (Å²) in [5.74, 6) is -0.511. The molecule has 0 unspecified atom stereocenters. The predicted molar refractivity (Wildman–Crippen MR) is 159 cm³/mol. The molecule has 9 heteroatoms. The number of rotatable bonds is 12. The van der Waals surface area contributed by atoms with Crippen LogP contribution < -0.4 is 9.62 Å². The van der Waals surface area contributed by atoms with Crippen molar-refractivity contribution in [1.82, 2.24) is 10.2 Å². The van der Waals surface area contributed by atoms with Gasteiger partial charge in [0.1, 0.15) is 12.6 Å². The summed E-state index contributed by atoms with van der Waals surface area (Å²) in [7, 11) is -4.08. The standard InChI is InChI=1S/C30H36BrN3O4S/c1-5-18-32-30(36)23(4)33(20-24-10-9-11-26(31)19-24)29(35)21-34(27-16-14-25(15-17-27)22(2)3)39(37,38)28-12-7-6-8-13-28/h6-17,19,22-23H,5,18,20-21H2,1-4H3,(H,32,36)/t23-/m0/s1. The highest BCUT2D eigenvalue weighted by Gasteiger charge is 2.32. The summed E-state index contributed by atoms with van der Waals surface area (Å²) in [6.45, 7) is 7.89. The van der Waals surface area contributed by atoms with E-state index in [4.69, 9.17) is 0 Å². The first-order valence-electron chi connectivity index (χ1n) is 13.0. The highest BCUT2D eigenvalue weighted by molar-refractivity contribution is 9.10. The fraction of sp³-hybridized carbons (Fsp3) is 0.333. The Labute approximate surface area is 240 Å². The zero-order valence-electron chi connectivity index (χ0n) is 22.8. The van der Waals surface area contributed by atoms with Crippen molar-refractivity contribution >= 4 is 43.5 Å². The Balaban J connectivity index is 2.02. The molecule has 0 aliphatic rings. The van der Waals surface area contributed by atoms with E-state index in [9.17, 15) is 18.0 Å². The van der Waals surface area contributed by atoms with Crippen molar-refractivity contribution < 1.29 is 18.0 Å². The Morgan fingerprint density at radius 3 is 2.18 bits per heavy atom. The van der Waals surface area contributed by atoms with E-state index in [-0.39, 0.29) is 23.3 Å². The number of carbonyl (C=O) groups is 2. The van der Waals surface area contributed by atoms with E-state index in [0.29, 0.717) is 12.2 Å². The van der Waals surface area contributed by atoms with Crippen LogP contribution in [0.2, 0.25) is 0 Å². The number of hydrogen-bond donors (Lipinski definition) is 1. The van der Waals surface area contributed by atoms with E-state index in [1.54, 1.807) is 37.3 Å². The lowest BCUT2D eigenvalue weighted by Crippen LogP contribution is -2.51. The second-order valence-corrected chi connectivity index (χ2v) is 12.5. The van der Waals surface area contributed by atoms with Crippen LogP contribution in [0.15, 0.2) is 88.2 Å². The zero-order valence-corrected chi connectivity index (χ0v) is 25.2. The molecule has 0 bridgehead atoms. The van der Waals surface area contributed by atoms with Crippen molar-refractivity contribution in [3.8, 4) is 0 Å². The van der Waals surface area contributed by atoms with Crippen LogP contribution in [0.5, 0.6) is 0 Å². The maximum atomic E-state index is 13.9. The molecule has 3 aromatic rings. The number of nitrogens with one attached hydrogen (secondary N) is 1. The van der Waals surface area contributed by atoms with E-state index >= 15 is 0 Å². The molecular weight excluding hydrogens is 578 g/mol. The van der Waals surface area contributed by atoms with E-state index in [0.717, 1.165) is 26.3 Å². The maximum absolute atomic E-state index is 13.9. The fourth-order valence-corrected chi connectivity index (χ4v) is 5.97. The Kier molecular flexibility index (Phi) is 10.7. The van der Waals surface area contributed by atoms with Gasteiger partial charge in [0.05, 0.1) is 10.6 Å². The van der Waals surface area contributed by atoms with Gasteiger partial charge in [-0.25, -0.2) is 8.42 Å². The van der Waals surface area contributed by atoms with Gasteiger partial charge in [-0.05, 0) is 66.8 Å². The summed E-state index contributed by atoms with van der Waals surface area (Å²) < 4.78 is 29.6. The number of anilines is 1. The summed E-state index contributed by atoms with van der Waals surface area (Å²) >= 11 is 3.46. The van der Waals surface area contributed by atoms with E-state index in [1.807, 2.05) is 43.3 Å². The number of sulfonamides is 1. The number of nitrogens with zero attached hydrogens (tertiary/aromatic N) is 2.